The Kier molecular flexibility index (Phi) is 25.8. The van der Waals surface area contributed by atoms with Crippen LogP contribution in [0.25, 0.3) is 0 Å². The highest BCUT2D eigenvalue weighted by Crippen LogP contribution is 2.24. The largest absolute Gasteiger partial charge is 0.728 e. The van der Waals surface area contributed by atoms with Crippen LogP contribution >= 0.6 is 20.0 Å². The van der Waals surface area contributed by atoms with Gasteiger partial charge in [0.25, 0.3) is 0 Å². The van der Waals surface area contributed by atoms with Crippen molar-refractivity contribution in [2.24, 2.45) is 0 Å². The van der Waals surface area contributed by atoms with Crippen LogP contribution in [0, 0.1) is 0 Å². The first-order chi connectivity index (χ1) is 14.7. The van der Waals surface area contributed by atoms with Gasteiger partial charge in [-0.1, -0.05) is 90.4 Å². The molecule has 0 fully saturated rings. The molecule has 5 nitrogen and oxygen atoms in total. The van der Waals surface area contributed by atoms with E-state index in [2.05, 4.69) is 11.6 Å². The molecule has 0 aliphatic rings. The van der Waals surface area contributed by atoms with Crippen molar-refractivity contribution in [2.45, 2.75) is 103 Å². The molecule has 0 heterocycles. The Labute approximate surface area is 192 Å². The van der Waals surface area contributed by atoms with Gasteiger partial charge in [-0.25, -0.2) is 0 Å². The highest BCUT2D eigenvalue weighted by atomic mass is 32.2. The van der Waals surface area contributed by atoms with Gasteiger partial charge in [0.15, 0.2) is 0 Å². The topological polar surface area (TPSA) is 48.0 Å². The summed E-state index contributed by atoms with van der Waals surface area (Å²) in [5.41, 5.74) is 0. The predicted octanol–water partition coefficient (Wildman–Crippen LogP) is 7.77. The van der Waals surface area contributed by atoms with Crippen LogP contribution in [0.5, 0.6) is 0 Å². The van der Waals surface area contributed by atoms with Gasteiger partial charge in [0.2, 0.25) is 0 Å². The molecule has 0 saturated heterocycles. The quantitative estimate of drug-likeness (QED) is 0.0592. The van der Waals surface area contributed by atoms with Gasteiger partial charge in [0.1, 0.15) is 6.61 Å². The molecule has 0 radical (unpaired) electrons. The Balaban J connectivity index is 3.10. The van der Waals surface area contributed by atoms with Crippen LogP contribution in [0.3, 0.4) is 0 Å². The van der Waals surface area contributed by atoms with Crippen LogP contribution in [0.4, 0.5) is 0 Å². The van der Waals surface area contributed by atoms with E-state index in [1.165, 1.54) is 95.6 Å². The minimum atomic E-state index is -2.16. The number of thioether (sulfide) groups is 1. The zero-order chi connectivity index (χ0) is 22.1. The first-order valence-electron chi connectivity index (χ1n) is 12.3. The number of hydrogen-bond acceptors (Lipinski definition) is 6. The van der Waals surface area contributed by atoms with E-state index in [0.29, 0.717) is 13.2 Å². The molecule has 0 amide bonds. The smallest absolute Gasteiger partial charge is 0.307 e. The third kappa shape index (κ3) is 26.3. The van der Waals surface area contributed by atoms with Gasteiger partial charge in [-0.15, -0.1) is 4.52 Å². The molecule has 1 atom stereocenters. The van der Waals surface area contributed by atoms with Crippen LogP contribution in [0.1, 0.15) is 103 Å². The van der Waals surface area contributed by atoms with E-state index in [9.17, 15) is 4.57 Å². The maximum Gasteiger partial charge on any atom is 0.728 e. The molecule has 0 N–H and O–H groups in total. The van der Waals surface area contributed by atoms with Crippen molar-refractivity contribution < 1.29 is 18.7 Å². The zero-order valence-electron chi connectivity index (χ0n) is 20.1. The van der Waals surface area contributed by atoms with Crippen molar-refractivity contribution in [3.63, 3.8) is 0 Å². The number of hydrogen-bond donors (Lipinski definition) is 0. The van der Waals surface area contributed by atoms with Gasteiger partial charge in [-0.3, -0.25) is 0 Å². The van der Waals surface area contributed by atoms with Crippen LogP contribution in [-0.4, -0.2) is 50.3 Å². The summed E-state index contributed by atoms with van der Waals surface area (Å²) < 4.78 is 21.2. The van der Waals surface area contributed by atoms with E-state index in [0.717, 1.165) is 18.7 Å². The van der Waals surface area contributed by atoms with Gasteiger partial charge in [0.05, 0.1) is 11.3 Å². The van der Waals surface area contributed by atoms with Crippen LogP contribution in [0.15, 0.2) is 0 Å². The number of unbranched alkanes of at least 4 members (excludes halogenated alkanes) is 13. The normalized spacial score (nSPS) is 12.1. The second kappa shape index (κ2) is 25.5. The minimum Gasteiger partial charge on any atom is -0.307 e. The van der Waals surface area contributed by atoms with Crippen LogP contribution in [0.2, 0.25) is 0 Å². The Morgan fingerprint density at radius 1 is 0.700 bits per heavy atom. The van der Waals surface area contributed by atoms with E-state index < -0.39 is 8.25 Å². The Hall–Kier alpha value is 0.290. The average Bonchev–Trinajstić information content (AvgIpc) is 2.72. The summed E-state index contributed by atoms with van der Waals surface area (Å²) >= 11 is 1.96. The molecule has 0 aliphatic heterocycles. The summed E-state index contributed by atoms with van der Waals surface area (Å²) in [6, 6.07) is 0. The van der Waals surface area contributed by atoms with Gasteiger partial charge < -0.3 is 4.90 Å². The number of nitrogens with zero attached hydrogens (tertiary/aromatic N) is 1. The molecule has 0 saturated carbocycles. The molecular weight excluding hydrogens is 417 g/mol. The number of rotatable bonds is 25. The third-order valence-corrected chi connectivity index (χ3v) is 6.78. The fourth-order valence-corrected chi connectivity index (χ4v) is 4.54. The third-order valence-electron chi connectivity index (χ3n) is 5.01. The predicted molar refractivity (Wildman–Crippen MR) is 131 cm³/mol. The molecule has 0 bridgehead atoms. The summed E-state index contributed by atoms with van der Waals surface area (Å²) in [5, 5.41) is 0. The van der Waals surface area contributed by atoms with Crippen molar-refractivity contribution in [1.82, 2.24) is 4.90 Å². The fraction of sp³-hybridized carbons (Fsp3) is 1.00. The van der Waals surface area contributed by atoms with Crippen LogP contribution < -0.4 is 0 Å². The zero-order valence-corrected chi connectivity index (χ0v) is 21.8. The van der Waals surface area contributed by atoms with Crippen molar-refractivity contribution in [3.8, 4) is 0 Å². The molecule has 1 unspecified atom stereocenters. The first kappa shape index (κ1) is 30.3. The second-order valence-corrected chi connectivity index (χ2v) is 10.4. The molecule has 7 heteroatoms. The molecule has 0 aliphatic carbocycles. The standard InChI is InChI=1S/C23H49NO4PS/c1-4-5-6-7-8-9-10-11-12-13-14-15-16-17-22-30-23-18-20-27-29(25)28-26-21-19-24(2)3/h4-23H2,1-3H3/q+1. The van der Waals surface area contributed by atoms with E-state index in [1.54, 1.807) is 0 Å². The lowest BCUT2D eigenvalue weighted by molar-refractivity contribution is -0.210. The summed E-state index contributed by atoms with van der Waals surface area (Å²) in [6.45, 7) is 3.84. The molecule has 30 heavy (non-hydrogen) atoms. The molecular formula is C23H49NO4PS+. The van der Waals surface area contributed by atoms with E-state index in [1.807, 2.05) is 30.8 Å². The van der Waals surface area contributed by atoms with Crippen LogP contribution in [-0.2, 0) is 18.7 Å². The lowest BCUT2D eigenvalue weighted by atomic mass is 10.0. The van der Waals surface area contributed by atoms with E-state index in [-0.39, 0.29) is 0 Å². The van der Waals surface area contributed by atoms with Gasteiger partial charge in [-0.2, -0.15) is 16.6 Å². The highest BCUT2D eigenvalue weighted by molar-refractivity contribution is 7.99. The molecule has 0 spiro atoms. The summed E-state index contributed by atoms with van der Waals surface area (Å²) in [4.78, 5) is 6.81. The van der Waals surface area contributed by atoms with Crippen molar-refractivity contribution in [3.05, 3.63) is 0 Å². The van der Waals surface area contributed by atoms with Crippen molar-refractivity contribution in [2.75, 3.05) is 45.4 Å². The average molecular weight is 467 g/mol. The van der Waals surface area contributed by atoms with E-state index in [4.69, 9.17) is 9.41 Å². The van der Waals surface area contributed by atoms with Crippen molar-refractivity contribution >= 4 is 20.0 Å². The molecule has 0 aromatic rings. The summed E-state index contributed by atoms with van der Waals surface area (Å²) in [5.74, 6) is 2.26. The Morgan fingerprint density at radius 3 is 1.73 bits per heavy atom. The molecule has 0 aromatic carbocycles. The monoisotopic (exact) mass is 466 g/mol. The summed E-state index contributed by atoms with van der Waals surface area (Å²) in [6.07, 6.45) is 20.6. The van der Waals surface area contributed by atoms with Crippen molar-refractivity contribution in [1.29, 1.82) is 0 Å². The minimum absolute atomic E-state index is 0.381. The van der Waals surface area contributed by atoms with Gasteiger partial charge >= 0.3 is 8.25 Å². The van der Waals surface area contributed by atoms with Gasteiger partial charge in [0, 0.05) is 11.1 Å². The van der Waals surface area contributed by atoms with Gasteiger partial charge in [-0.05, 0) is 38.4 Å². The summed E-state index contributed by atoms with van der Waals surface area (Å²) in [7, 11) is 1.72. The molecule has 0 rings (SSSR count). The second-order valence-electron chi connectivity index (χ2n) is 8.32. The maximum absolute atomic E-state index is 11.4. The first-order valence-corrected chi connectivity index (χ1v) is 14.5. The fourth-order valence-electron chi connectivity index (χ4n) is 3.12. The lowest BCUT2D eigenvalue weighted by Crippen LogP contribution is -2.17. The SMILES string of the molecule is CCCCCCCCCCCCCCCCSCCCO[P+](=O)OOCCN(C)C. The molecule has 180 valence electrons. The maximum atomic E-state index is 11.4. The van der Waals surface area contributed by atoms with E-state index >= 15 is 0 Å². The Morgan fingerprint density at radius 2 is 1.20 bits per heavy atom. The Bertz CT molecular complexity index is 362. The molecule has 0 aromatic heterocycles. The highest BCUT2D eigenvalue weighted by Gasteiger charge is 2.21. The number of likely N-dealkylation sites (N-methyl/N-ethyl adjacent to an activating group) is 1. The lowest BCUT2D eigenvalue weighted by Gasteiger charge is -2.05.